The summed E-state index contributed by atoms with van der Waals surface area (Å²) < 4.78 is 10.9. The molecule has 0 N–H and O–H groups in total. The summed E-state index contributed by atoms with van der Waals surface area (Å²) in [6, 6.07) is 0. The monoisotopic (exact) mass is 204 g/mol. The highest BCUT2D eigenvalue weighted by molar-refractivity contribution is 6.19. The van der Waals surface area contributed by atoms with Crippen LogP contribution in [0.4, 0.5) is 0 Å². The zero-order valence-electron chi connectivity index (χ0n) is 8.09. The van der Waals surface area contributed by atoms with Crippen LogP contribution in [0, 0.1) is 0 Å². The topological polar surface area (TPSA) is 18.5 Å². The quantitative estimate of drug-likeness (QED) is 0.518. The normalized spacial score (nSPS) is 24.8. The molecule has 1 fully saturated rings. The molecule has 3 heteroatoms. The first kappa shape index (κ1) is 11.0. The Bertz CT molecular complexity index is 162. The second-order valence-electron chi connectivity index (χ2n) is 3.31. The Labute approximate surface area is 84.9 Å². The summed E-state index contributed by atoms with van der Waals surface area (Å²) in [7, 11) is 0. The molecule has 1 unspecified atom stereocenters. The summed E-state index contributed by atoms with van der Waals surface area (Å²) in [6.07, 6.45) is 5.41. The maximum atomic E-state index is 5.62. The fourth-order valence-electron chi connectivity index (χ4n) is 1.19. The van der Waals surface area contributed by atoms with E-state index >= 15 is 0 Å². The minimum Gasteiger partial charge on any atom is -0.353 e. The lowest BCUT2D eigenvalue weighted by Crippen LogP contribution is -2.22. The molecule has 0 aromatic heterocycles. The number of ether oxygens (including phenoxy) is 2. The van der Waals surface area contributed by atoms with Gasteiger partial charge in [0.2, 0.25) is 0 Å². The molecular weight excluding hydrogens is 188 g/mol. The van der Waals surface area contributed by atoms with E-state index in [1.54, 1.807) is 0 Å². The van der Waals surface area contributed by atoms with E-state index in [1.807, 2.05) is 13.0 Å². The van der Waals surface area contributed by atoms with Gasteiger partial charge in [-0.2, -0.15) is 0 Å². The number of rotatable bonds is 4. The highest BCUT2D eigenvalue weighted by Crippen LogP contribution is 2.13. The summed E-state index contributed by atoms with van der Waals surface area (Å²) >= 11 is 5.62. The molecule has 0 aromatic rings. The number of halogens is 1. The molecule has 1 aliphatic rings. The van der Waals surface area contributed by atoms with Crippen LogP contribution in [0.25, 0.3) is 0 Å². The van der Waals surface area contributed by atoms with Gasteiger partial charge in [-0.05, 0) is 26.2 Å². The summed E-state index contributed by atoms with van der Waals surface area (Å²) in [6.45, 7) is 3.45. The maximum Gasteiger partial charge on any atom is 0.157 e. The summed E-state index contributed by atoms with van der Waals surface area (Å²) in [5.74, 6) is 0.578. The van der Waals surface area contributed by atoms with E-state index in [4.69, 9.17) is 21.1 Å². The predicted molar refractivity (Wildman–Crippen MR) is 54.0 cm³/mol. The zero-order chi connectivity index (χ0) is 9.52. The number of alkyl halides is 1. The zero-order valence-corrected chi connectivity index (χ0v) is 8.85. The first-order valence-electron chi connectivity index (χ1n) is 4.77. The van der Waals surface area contributed by atoms with Crippen LogP contribution in [-0.2, 0) is 9.47 Å². The lowest BCUT2D eigenvalue weighted by atomic mass is 10.2. The number of allylic oxidation sites excluding steroid dienone is 1. The third-order valence-corrected chi connectivity index (χ3v) is 2.48. The van der Waals surface area contributed by atoms with Gasteiger partial charge in [0.15, 0.2) is 6.29 Å². The van der Waals surface area contributed by atoms with Gasteiger partial charge in [0, 0.05) is 12.5 Å². The third-order valence-electron chi connectivity index (χ3n) is 2.06. The summed E-state index contributed by atoms with van der Waals surface area (Å²) in [4.78, 5) is 0. The van der Waals surface area contributed by atoms with Crippen molar-refractivity contribution in [2.45, 2.75) is 32.5 Å². The van der Waals surface area contributed by atoms with Crippen molar-refractivity contribution >= 4 is 11.6 Å². The van der Waals surface area contributed by atoms with Crippen LogP contribution in [0.1, 0.15) is 26.2 Å². The summed E-state index contributed by atoms with van der Waals surface area (Å²) in [5.41, 5.74) is 1.15. The average Bonchev–Trinajstić information content (AvgIpc) is 2.19. The number of hydrogen-bond donors (Lipinski definition) is 0. The predicted octanol–water partition coefficient (Wildman–Crippen LogP) is 2.71. The molecule has 13 heavy (non-hydrogen) atoms. The number of hydrogen-bond acceptors (Lipinski definition) is 2. The van der Waals surface area contributed by atoms with Gasteiger partial charge in [0.1, 0.15) is 0 Å². The molecule has 0 aliphatic carbocycles. The molecule has 0 saturated carbocycles. The molecule has 1 saturated heterocycles. The lowest BCUT2D eigenvalue weighted by Gasteiger charge is -2.22. The van der Waals surface area contributed by atoms with Gasteiger partial charge in [-0.25, -0.2) is 0 Å². The molecule has 1 aliphatic heterocycles. The third kappa shape index (κ3) is 4.65. The Morgan fingerprint density at radius 1 is 1.62 bits per heavy atom. The van der Waals surface area contributed by atoms with Crippen LogP contribution < -0.4 is 0 Å². The van der Waals surface area contributed by atoms with Gasteiger partial charge < -0.3 is 9.47 Å². The Morgan fingerprint density at radius 2 is 2.46 bits per heavy atom. The Morgan fingerprint density at radius 3 is 3.08 bits per heavy atom. The van der Waals surface area contributed by atoms with Crippen molar-refractivity contribution in [3.05, 3.63) is 11.6 Å². The lowest BCUT2D eigenvalue weighted by molar-refractivity contribution is -0.155. The van der Waals surface area contributed by atoms with Crippen molar-refractivity contribution in [3.63, 3.8) is 0 Å². The van der Waals surface area contributed by atoms with Crippen molar-refractivity contribution in [1.29, 1.82) is 0 Å². The molecule has 2 nitrogen and oxygen atoms in total. The minimum atomic E-state index is 0.00752. The van der Waals surface area contributed by atoms with E-state index < -0.39 is 0 Å². The van der Waals surface area contributed by atoms with Gasteiger partial charge in [0.25, 0.3) is 0 Å². The Balaban J connectivity index is 2.10. The first-order chi connectivity index (χ1) is 6.33. The first-order valence-corrected chi connectivity index (χ1v) is 5.31. The molecule has 76 valence electrons. The van der Waals surface area contributed by atoms with Crippen molar-refractivity contribution in [3.8, 4) is 0 Å². The van der Waals surface area contributed by atoms with Gasteiger partial charge in [-0.3, -0.25) is 0 Å². The Kier molecular flexibility index (Phi) is 5.44. The van der Waals surface area contributed by atoms with Crippen LogP contribution in [0.3, 0.4) is 0 Å². The molecule has 0 amide bonds. The Hall–Kier alpha value is -0.0500. The van der Waals surface area contributed by atoms with Gasteiger partial charge in [0.05, 0.1) is 6.61 Å². The van der Waals surface area contributed by atoms with Crippen LogP contribution in [0.2, 0.25) is 0 Å². The van der Waals surface area contributed by atoms with Crippen molar-refractivity contribution in [1.82, 2.24) is 0 Å². The van der Waals surface area contributed by atoms with E-state index in [9.17, 15) is 0 Å². The molecular formula is C10H17ClO2. The molecule has 0 aromatic carbocycles. The van der Waals surface area contributed by atoms with E-state index in [2.05, 4.69) is 0 Å². The van der Waals surface area contributed by atoms with Crippen LogP contribution in [0.5, 0.6) is 0 Å². The van der Waals surface area contributed by atoms with E-state index in [0.29, 0.717) is 12.5 Å². The molecule has 0 spiro atoms. The SMILES string of the molecule is C/C(=C\COC1CCCCO1)CCl. The van der Waals surface area contributed by atoms with Crippen molar-refractivity contribution < 1.29 is 9.47 Å². The van der Waals surface area contributed by atoms with Crippen molar-refractivity contribution in [2.24, 2.45) is 0 Å². The highest BCUT2D eigenvalue weighted by atomic mass is 35.5. The smallest absolute Gasteiger partial charge is 0.157 e. The molecule has 1 atom stereocenters. The fourth-order valence-corrected chi connectivity index (χ4v) is 1.30. The van der Waals surface area contributed by atoms with Gasteiger partial charge in [-0.15, -0.1) is 11.6 Å². The van der Waals surface area contributed by atoms with Gasteiger partial charge >= 0.3 is 0 Å². The average molecular weight is 205 g/mol. The second-order valence-corrected chi connectivity index (χ2v) is 3.58. The van der Waals surface area contributed by atoms with Crippen LogP contribution in [0.15, 0.2) is 11.6 Å². The molecule has 1 rings (SSSR count). The van der Waals surface area contributed by atoms with E-state index in [0.717, 1.165) is 25.0 Å². The summed E-state index contributed by atoms with van der Waals surface area (Å²) in [5, 5.41) is 0. The second kappa shape index (κ2) is 6.41. The molecule has 1 heterocycles. The fraction of sp³-hybridized carbons (Fsp3) is 0.800. The van der Waals surface area contributed by atoms with E-state index in [1.165, 1.54) is 6.42 Å². The van der Waals surface area contributed by atoms with E-state index in [-0.39, 0.29) is 6.29 Å². The maximum absolute atomic E-state index is 5.62. The minimum absolute atomic E-state index is 0.00752. The largest absolute Gasteiger partial charge is 0.353 e. The highest BCUT2D eigenvalue weighted by Gasteiger charge is 2.12. The van der Waals surface area contributed by atoms with Crippen molar-refractivity contribution in [2.75, 3.05) is 19.1 Å². The molecule has 0 radical (unpaired) electrons. The molecule has 0 bridgehead atoms. The van der Waals surface area contributed by atoms with Crippen LogP contribution in [-0.4, -0.2) is 25.4 Å². The standard InChI is InChI=1S/C10H17ClO2/c1-9(8-11)5-7-13-10-4-2-3-6-12-10/h5,10H,2-4,6-8H2,1H3/b9-5+. The van der Waals surface area contributed by atoms with Crippen LogP contribution >= 0.6 is 11.6 Å². The van der Waals surface area contributed by atoms with Gasteiger partial charge in [-0.1, -0.05) is 11.6 Å².